The van der Waals surface area contributed by atoms with Crippen molar-refractivity contribution >= 4 is 29.4 Å². The average Bonchev–Trinajstić information content (AvgIpc) is 2.96. The number of aromatic nitrogens is 3. The third-order valence-corrected chi connectivity index (χ3v) is 3.32. The van der Waals surface area contributed by atoms with Gasteiger partial charge in [-0.05, 0) is 24.4 Å². The minimum absolute atomic E-state index is 0.105. The molecule has 2 heterocycles. The molecule has 2 aromatic rings. The Hall–Kier alpha value is -2.67. The average molecular weight is 333 g/mol. The molecule has 0 radical (unpaired) electrons. The summed E-state index contributed by atoms with van der Waals surface area (Å²) in [6.07, 6.45) is 9.82. The second kappa shape index (κ2) is 8.09. The number of nitrogens with zero attached hydrogens (tertiary/aromatic N) is 5. The maximum Gasteiger partial charge on any atom is 0.228 e. The van der Waals surface area contributed by atoms with Crippen LogP contribution in [0.1, 0.15) is 6.42 Å². The number of rotatable bonds is 6. The summed E-state index contributed by atoms with van der Waals surface area (Å²) in [4.78, 5) is 21.7. The lowest BCUT2D eigenvalue weighted by Gasteiger charge is -2.14. The number of carbonyl (C=O) groups excluding carboxylic acids is 1. The number of aliphatic imine (C=N–C) groups is 1. The van der Waals surface area contributed by atoms with Crippen molar-refractivity contribution in [1.29, 1.82) is 0 Å². The second-order valence-corrected chi connectivity index (χ2v) is 4.96. The van der Waals surface area contributed by atoms with E-state index in [4.69, 9.17) is 17.3 Å². The molecular weight excluding hydrogens is 316 g/mol. The van der Waals surface area contributed by atoms with Crippen LogP contribution < -0.4 is 10.6 Å². The largest absolute Gasteiger partial charge is 0.405 e. The van der Waals surface area contributed by atoms with Gasteiger partial charge in [-0.2, -0.15) is 5.10 Å². The van der Waals surface area contributed by atoms with E-state index < -0.39 is 0 Å². The highest BCUT2D eigenvalue weighted by atomic mass is 35.5. The quantitative estimate of drug-likeness (QED) is 0.817. The lowest BCUT2D eigenvalue weighted by Crippen LogP contribution is -2.26. The predicted octanol–water partition coefficient (Wildman–Crippen LogP) is 1.82. The van der Waals surface area contributed by atoms with Crippen LogP contribution >= 0.6 is 11.6 Å². The molecule has 7 nitrogen and oxygen atoms in total. The zero-order valence-corrected chi connectivity index (χ0v) is 13.4. The van der Waals surface area contributed by atoms with Crippen molar-refractivity contribution in [2.24, 2.45) is 10.7 Å². The van der Waals surface area contributed by atoms with Crippen molar-refractivity contribution < 1.29 is 4.79 Å². The lowest BCUT2D eigenvalue weighted by molar-refractivity contribution is -0.118. The smallest absolute Gasteiger partial charge is 0.228 e. The summed E-state index contributed by atoms with van der Waals surface area (Å²) in [5.41, 5.74) is 6.48. The first kappa shape index (κ1) is 16.7. The summed E-state index contributed by atoms with van der Waals surface area (Å²) >= 11 is 6.14. The van der Waals surface area contributed by atoms with E-state index in [-0.39, 0.29) is 17.5 Å². The lowest BCUT2D eigenvalue weighted by atomic mass is 10.3. The number of hydrogen-bond acceptors (Lipinski definition) is 5. The van der Waals surface area contributed by atoms with Gasteiger partial charge in [-0.3, -0.25) is 14.8 Å². The van der Waals surface area contributed by atoms with Crippen molar-refractivity contribution in [3.05, 3.63) is 48.2 Å². The van der Waals surface area contributed by atoms with E-state index in [1.807, 2.05) is 6.07 Å². The number of anilines is 1. The Bertz CT molecular complexity index is 710. The normalized spacial score (nSPS) is 11.4. The number of nitrogens with two attached hydrogens (primary N) is 1. The molecule has 2 rings (SSSR count). The summed E-state index contributed by atoms with van der Waals surface area (Å²) in [6, 6.07) is 3.65. The van der Waals surface area contributed by atoms with E-state index in [0.29, 0.717) is 12.2 Å². The number of hydrogen-bond donors (Lipinski definition) is 1. The zero-order valence-electron chi connectivity index (χ0n) is 12.6. The second-order valence-electron chi connectivity index (χ2n) is 4.60. The highest BCUT2D eigenvalue weighted by Crippen LogP contribution is 2.25. The molecule has 2 aromatic heterocycles. The predicted molar refractivity (Wildman–Crippen MR) is 91.1 cm³/mol. The molecule has 0 saturated heterocycles. The monoisotopic (exact) mass is 332 g/mol. The number of pyridine rings is 1. The summed E-state index contributed by atoms with van der Waals surface area (Å²) in [5.74, 6) is -0.105. The Morgan fingerprint density at radius 1 is 1.57 bits per heavy atom. The molecule has 1 amide bonds. The fourth-order valence-electron chi connectivity index (χ4n) is 1.84. The molecule has 0 aliphatic carbocycles. The Labute approximate surface area is 139 Å². The van der Waals surface area contributed by atoms with Gasteiger partial charge in [0.1, 0.15) is 5.69 Å². The highest BCUT2D eigenvalue weighted by molar-refractivity contribution is 6.32. The van der Waals surface area contributed by atoms with Crippen LogP contribution in [0, 0.1) is 0 Å². The van der Waals surface area contributed by atoms with Crippen LogP contribution in [0.2, 0.25) is 5.15 Å². The van der Waals surface area contributed by atoms with Gasteiger partial charge < -0.3 is 10.6 Å². The summed E-state index contributed by atoms with van der Waals surface area (Å²) in [7, 11) is 1.66. The molecule has 0 fully saturated rings. The van der Waals surface area contributed by atoms with Crippen molar-refractivity contribution in [1.82, 2.24) is 14.8 Å². The SMILES string of the molecule is CN(C(=O)CCN=C/C=C\N)c1cn(-c2cccnc2)nc1Cl. The number of carbonyl (C=O) groups is 1. The van der Waals surface area contributed by atoms with Crippen LogP contribution in [0.4, 0.5) is 5.69 Å². The van der Waals surface area contributed by atoms with Crippen molar-refractivity contribution in [3.8, 4) is 5.69 Å². The molecule has 0 atom stereocenters. The Morgan fingerprint density at radius 2 is 2.39 bits per heavy atom. The Kier molecular flexibility index (Phi) is 5.87. The Balaban J connectivity index is 2.06. The van der Waals surface area contributed by atoms with Gasteiger partial charge in [-0.25, -0.2) is 4.68 Å². The highest BCUT2D eigenvalue weighted by Gasteiger charge is 2.17. The molecular formula is C15H17ClN6O. The molecule has 0 aliphatic rings. The van der Waals surface area contributed by atoms with Gasteiger partial charge in [0.25, 0.3) is 0 Å². The van der Waals surface area contributed by atoms with E-state index in [1.165, 1.54) is 11.1 Å². The van der Waals surface area contributed by atoms with Crippen LogP contribution in [0.5, 0.6) is 0 Å². The number of amides is 1. The minimum Gasteiger partial charge on any atom is -0.405 e. The fourth-order valence-corrected chi connectivity index (χ4v) is 2.09. The van der Waals surface area contributed by atoms with Gasteiger partial charge in [0.15, 0.2) is 5.15 Å². The van der Waals surface area contributed by atoms with E-state index in [0.717, 1.165) is 5.69 Å². The number of halogens is 1. The standard InChI is InChI=1S/C15H17ClN6O/c1-21(14(23)5-9-18-8-3-6-17)13-11-22(20-15(13)16)12-4-2-7-19-10-12/h2-4,6-8,10-11H,5,9,17H2,1H3/b6-3-,18-8?. The van der Waals surface area contributed by atoms with E-state index in [9.17, 15) is 4.79 Å². The maximum atomic E-state index is 12.2. The van der Waals surface area contributed by atoms with Gasteiger partial charge >= 0.3 is 0 Å². The topological polar surface area (TPSA) is 89.4 Å². The van der Waals surface area contributed by atoms with E-state index in [2.05, 4.69) is 15.1 Å². The molecule has 0 saturated carbocycles. The van der Waals surface area contributed by atoms with Gasteiger partial charge in [-0.15, -0.1) is 0 Å². The van der Waals surface area contributed by atoms with Crippen LogP contribution in [0.15, 0.2) is 48.0 Å². The molecule has 0 bridgehead atoms. The summed E-state index contributed by atoms with van der Waals surface area (Å²) < 4.78 is 1.58. The van der Waals surface area contributed by atoms with Gasteiger partial charge in [-0.1, -0.05) is 11.6 Å². The zero-order chi connectivity index (χ0) is 16.7. The number of allylic oxidation sites excluding steroid dienone is 1. The summed E-state index contributed by atoms with van der Waals surface area (Å²) in [5, 5.41) is 4.45. The van der Waals surface area contributed by atoms with Gasteiger partial charge in [0.2, 0.25) is 5.91 Å². The minimum atomic E-state index is -0.105. The molecule has 120 valence electrons. The van der Waals surface area contributed by atoms with Crippen LogP contribution in [0.3, 0.4) is 0 Å². The third kappa shape index (κ3) is 4.40. The fraction of sp³-hybridized carbons (Fsp3) is 0.200. The molecule has 0 aromatic carbocycles. The molecule has 8 heteroatoms. The van der Waals surface area contributed by atoms with Crippen molar-refractivity contribution in [3.63, 3.8) is 0 Å². The first-order chi connectivity index (χ1) is 11.1. The van der Waals surface area contributed by atoms with Crippen molar-refractivity contribution in [2.75, 3.05) is 18.5 Å². The first-order valence-corrected chi connectivity index (χ1v) is 7.30. The molecule has 0 spiro atoms. The maximum absolute atomic E-state index is 12.2. The van der Waals surface area contributed by atoms with E-state index in [1.54, 1.807) is 48.7 Å². The molecule has 0 unspecified atom stereocenters. The van der Waals surface area contributed by atoms with Gasteiger partial charge in [0, 0.05) is 32.4 Å². The van der Waals surface area contributed by atoms with Gasteiger partial charge in [0.05, 0.1) is 18.1 Å². The van der Waals surface area contributed by atoms with E-state index >= 15 is 0 Å². The Morgan fingerprint density at radius 3 is 3.09 bits per heavy atom. The van der Waals surface area contributed by atoms with Crippen LogP contribution in [-0.4, -0.2) is 40.5 Å². The molecule has 2 N–H and O–H groups in total. The molecule has 23 heavy (non-hydrogen) atoms. The summed E-state index contributed by atoms with van der Waals surface area (Å²) in [6.45, 7) is 0.377. The molecule has 0 aliphatic heterocycles. The van der Waals surface area contributed by atoms with Crippen LogP contribution in [0.25, 0.3) is 5.69 Å². The first-order valence-electron chi connectivity index (χ1n) is 6.92. The van der Waals surface area contributed by atoms with Crippen LogP contribution in [-0.2, 0) is 4.79 Å². The third-order valence-electron chi connectivity index (χ3n) is 3.05. The van der Waals surface area contributed by atoms with Crippen molar-refractivity contribution in [2.45, 2.75) is 6.42 Å².